The molecule has 252 valence electrons. The van der Waals surface area contributed by atoms with Crippen molar-refractivity contribution in [2.24, 2.45) is 17.8 Å². The van der Waals surface area contributed by atoms with Gasteiger partial charge in [0.2, 0.25) is 10.0 Å². The van der Waals surface area contributed by atoms with Gasteiger partial charge >= 0.3 is 0 Å². The first-order valence-electron chi connectivity index (χ1n) is 16.9. The van der Waals surface area contributed by atoms with Gasteiger partial charge in [0.1, 0.15) is 12.4 Å². The predicted molar refractivity (Wildman–Crippen MR) is 180 cm³/mol. The number of sulfonamides is 1. The number of fused-ring (bicyclic) bond motifs is 3. The zero-order valence-electron chi connectivity index (χ0n) is 27.0. The van der Waals surface area contributed by atoms with Crippen LogP contribution in [0.3, 0.4) is 0 Å². The molecule has 6 atom stereocenters. The minimum Gasteiger partial charge on any atom is -0.487 e. The summed E-state index contributed by atoms with van der Waals surface area (Å²) in [4.78, 5) is 18.2. The Morgan fingerprint density at radius 1 is 0.978 bits per heavy atom. The van der Waals surface area contributed by atoms with E-state index in [2.05, 4.69) is 14.5 Å². The van der Waals surface area contributed by atoms with Crippen LogP contribution in [0.4, 0.5) is 5.69 Å². The van der Waals surface area contributed by atoms with E-state index in [1.54, 1.807) is 25.1 Å². The Morgan fingerprint density at radius 3 is 2.54 bits per heavy atom. The molecule has 0 unspecified atom stereocenters. The van der Waals surface area contributed by atoms with Crippen LogP contribution in [-0.2, 0) is 27.8 Å². The molecule has 2 fully saturated rings. The minimum atomic E-state index is -3.97. The number of carbonyl (C=O) groups is 1. The monoisotopic (exact) mass is 673 g/mol. The van der Waals surface area contributed by atoms with E-state index in [1.807, 2.05) is 25.1 Å². The Labute approximate surface area is 278 Å². The van der Waals surface area contributed by atoms with Crippen LogP contribution >= 0.6 is 11.6 Å². The Bertz CT molecular complexity index is 1500. The van der Waals surface area contributed by atoms with Gasteiger partial charge in [-0.1, -0.05) is 24.6 Å². The molecule has 1 amide bonds. The molecule has 3 aliphatic heterocycles. The summed E-state index contributed by atoms with van der Waals surface area (Å²) in [7, 11) is -3.97. The van der Waals surface area contributed by atoms with Gasteiger partial charge in [-0.05, 0) is 111 Å². The summed E-state index contributed by atoms with van der Waals surface area (Å²) in [6.45, 7) is 8.23. The fraction of sp³-hybridized carbons (Fsp3) is 0.629. The topological polar surface area (TPSA) is 108 Å². The van der Waals surface area contributed by atoms with Gasteiger partial charge in [0.25, 0.3) is 5.91 Å². The van der Waals surface area contributed by atoms with Gasteiger partial charge in [0.05, 0.1) is 30.3 Å². The summed E-state index contributed by atoms with van der Waals surface area (Å²) in [5.41, 5.74) is 3.31. The van der Waals surface area contributed by atoms with E-state index in [4.69, 9.17) is 21.1 Å². The number of aliphatic hydroxyl groups is 1. The van der Waals surface area contributed by atoms with Crippen molar-refractivity contribution in [1.82, 2.24) is 9.62 Å². The molecule has 1 saturated carbocycles. The Kier molecular flexibility index (Phi) is 10.5. The summed E-state index contributed by atoms with van der Waals surface area (Å²) in [5, 5.41) is 11.6. The molecule has 0 radical (unpaired) electrons. The minimum absolute atomic E-state index is 0.0250. The van der Waals surface area contributed by atoms with Gasteiger partial charge in [0.15, 0.2) is 0 Å². The maximum atomic E-state index is 13.6. The zero-order chi connectivity index (χ0) is 32.4. The smallest absolute Gasteiger partial charge is 0.264 e. The number of nitrogens with one attached hydrogen (secondary N) is 1. The van der Waals surface area contributed by atoms with Crippen LogP contribution in [0.15, 0.2) is 36.4 Å². The van der Waals surface area contributed by atoms with E-state index in [0.717, 1.165) is 69.5 Å². The van der Waals surface area contributed by atoms with Crippen LogP contribution in [0, 0.1) is 17.8 Å². The number of hydrogen-bond donors (Lipinski definition) is 2. The summed E-state index contributed by atoms with van der Waals surface area (Å²) < 4.78 is 41.6. The van der Waals surface area contributed by atoms with Crippen molar-refractivity contribution in [2.75, 3.05) is 44.3 Å². The molecular weight excluding hydrogens is 626 g/mol. The van der Waals surface area contributed by atoms with Crippen LogP contribution in [0.5, 0.6) is 5.75 Å². The number of aliphatic hydroxyl groups excluding tert-OH is 1. The van der Waals surface area contributed by atoms with Crippen LogP contribution in [-0.4, -0.2) is 81.1 Å². The normalized spacial score (nSPS) is 31.2. The molecule has 11 heteroatoms. The number of nitrogens with zero attached hydrogens (tertiary/aromatic N) is 2. The predicted octanol–water partition coefficient (Wildman–Crippen LogP) is 5.03. The summed E-state index contributed by atoms with van der Waals surface area (Å²) in [5.74, 6) is 0.244. The molecule has 1 saturated heterocycles. The third kappa shape index (κ3) is 7.51. The second-order valence-electron chi connectivity index (χ2n) is 13.8. The maximum Gasteiger partial charge on any atom is 0.264 e. The molecule has 4 aliphatic rings. The molecule has 3 heterocycles. The van der Waals surface area contributed by atoms with E-state index in [1.165, 1.54) is 5.56 Å². The second-order valence-corrected chi connectivity index (χ2v) is 16.3. The number of benzene rings is 2. The second kappa shape index (κ2) is 14.4. The van der Waals surface area contributed by atoms with Gasteiger partial charge in [-0.3, -0.25) is 9.69 Å². The average Bonchev–Trinajstić information content (AvgIpc) is 3.05. The number of aryl methyl sites for hydroxylation is 1. The Morgan fingerprint density at radius 2 is 1.78 bits per heavy atom. The molecule has 9 nitrogen and oxygen atoms in total. The summed E-state index contributed by atoms with van der Waals surface area (Å²) >= 11 is 6.34. The third-order valence-corrected chi connectivity index (χ3v) is 13.1. The number of hydrogen-bond acceptors (Lipinski definition) is 8. The molecule has 2 N–H and O–H groups in total. The van der Waals surface area contributed by atoms with Crippen molar-refractivity contribution in [3.8, 4) is 5.75 Å². The van der Waals surface area contributed by atoms with Crippen molar-refractivity contribution in [3.05, 3.63) is 58.1 Å². The first kappa shape index (κ1) is 33.5. The SMILES string of the molecule is C[C@@H]1[C@@H](C)C[C@H](N2CCOCC2)C[C@@H](O)[C@@H]2CC[C@H]2CN2CCCCc3cc(Cl)ccc3COc3ccc(cc32)C(=O)NS1(=O)=O. The van der Waals surface area contributed by atoms with Crippen molar-refractivity contribution in [3.63, 3.8) is 0 Å². The lowest BCUT2D eigenvalue weighted by molar-refractivity contribution is -0.0323. The highest BCUT2D eigenvalue weighted by Gasteiger charge is 2.40. The van der Waals surface area contributed by atoms with Gasteiger partial charge in [-0.2, -0.15) is 0 Å². The van der Waals surface area contributed by atoms with Crippen LogP contribution in [0.1, 0.15) is 73.9 Å². The highest BCUT2D eigenvalue weighted by Crippen LogP contribution is 2.42. The molecule has 46 heavy (non-hydrogen) atoms. The lowest BCUT2D eigenvalue weighted by Gasteiger charge is -2.45. The fourth-order valence-electron chi connectivity index (χ4n) is 7.69. The molecule has 1 aliphatic carbocycles. The number of amides is 1. The summed E-state index contributed by atoms with van der Waals surface area (Å²) in [6.07, 6.45) is 5.50. The van der Waals surface area contributed by atoms with E-state index in [0.29, 0.717) is 49.4 Å². The lowest BCUT2D eigenvalue weighted by Crippen LogP contribution is -2.50. The number of morpholine rings is 1. The lowest BCUT2D eigenvalue weighted by atomic mass is 9.68. The number of carbonyl (C=O) groups excluding carboxylic acids is 1. The van der Waals surface area contributed by atoms with Crippen molar-refractivity contribution >= 4 is 33.2 Å². The van der Waals surface area contributed by atoms with Crippen LogP contribution in [0.2, 0.25) is 5.02 Å². The quantitative estimate of drug-likeness (QED) is 0.434. The van der Waals surface area contributed by atoms with Gasteiger partial charge in [0, 0.05) is 42.8 Å². The number of rotatable bonds is 1. The Balaban J connectivity index is 1.35. The molecule has 2 bridgehead atoms. The highest BCUT2D eigenvalue weighted by molar-refractivity contribution is 7.90. The van der Waals surface area contributed by atoms with Crippen molar-refractivity contribution in [2.45, 2.75) is 82.8 Å². The zero-order valence-corrected chi connectivity index (χ0v) is 28.6. The first-order chi connectivity index (χ1) is 22.1. The van der Waals surface area contributed by atoms with Gasteiger partial charge in [-0.15, -0.1) is 0 Å². The fourth-order valence-corrected chi connectivity index (χ4v) is 9.17. The average molecular weight is 674 g/mol. The third-order valence-electron chi connectivity index (χ3n) is 10.9. The molecule has 0 spiro atoms. The van der Waals surface area contributed by atoms with Gasteiger partial charge < -0.3 is 19.5 Å². The molecule has 2 aromatic carbocycles. The van der Waals surface area contributed by atoms with Crippen molar-refractivity contribution < 1.29 is 27.8 Å². The number of ether oxygens (including phenoxy) is 2. The molecular formula is C35H48ClN3O6S. The number of halogens is 1. The van der Waals surface area contributed by atoms with E-state index < -0.39 is 27.3 Å². The highest BCUT2D eigenvalue weighted by atomic mass is 35.5. The van der Waals surface area contributed by atoms with E-state index in [9.17, 15) is 18.3 Å². The Hall–Kier alpha value is -2.37. The molecule has 6 rings (SSSR count). The molecule has 2 aromatic rings. The summed E-state index contributed by atoms with van der Waals surface area (Å²) in [6, 6.07) is 11.1. The maximum absolute atomic E-state index is 13.6. The van der Waals surface area contributed by atoms with E-state index in [-0.39, 0.29) is 23.4 Å². The van der Waals surface area contributed by atoms with Gasteiger partial charge in [-0.25, -0.2) is 13.1 Å². The standard InChI is InChI=1S/C35H48ClN3O6S/c1-23-17-30(38-13-15-44-16-14-38)20-33(40)31-10-7-27(31)21-39-12-4-3-5-25-18-29(36)9-6-28(25)22-45-34-11-8-26(19-32(34)39)35(41)37-46(42,43)24(23)2/h6,8-9,11,18-19,23-24,27,30-31,33,40H,3-5,7,10,12-17,20-22H2,1-2H3,(H,37,41)/t23-,24+,27-,30-,31+,33+/m0/s1. The number of anilines is 1. The van der Waals surface area contributed by atoms with Crippen LogP contribution < -0.4 is 14.4 Å². The van der Waals surface area contributed by atoms with E-state index >= 15 is 0 Å². The first-order valence-corrected chi connectivity index (χ1v) is 18.9. The van der Waals surface area contributed by atoms with Crippen molar-refractivity contribution in [1.29, 1.82) is 0 Å². The molecule has 0 aromatic heterocycles. The van der Waals surface area contributed by atoms with Crippen LogP contribution in [0.25, 0.3) is 0 Å². The largest absolute Gasteiger partial charge is 0.487 e.